The summed E-state index contributed by atoms with van der Waals surface area (Å²) in [4.78, 5) is 0. The summed E-state index contributed by atoms with van der Waals surface area (Å²) in [7, 11) is 0. The third-order valence-corrected chi connectivity index (χ3v) is 4.22. The highest BCUT2D eigenvalue weighted by molar-refractivity contribution is 5.30. The molecule has 1 nitrogen and oxygen atoms in total. The molecule has 1 N–H and O–H groups in total. The molecule has 1 aromatic rings. The van der Waals surface area contributed by atoms with Crippen LogP contribution >= 0.6 is 0 Å². The molecule has 0 radical (unpaired) electrons. The van der Waals surface area contributed by atoms with Gasteiger partial charge in [-0.3, -0.25) is 0 Å². The summed E-state index contributed by atoms with van der Waals surface area (Å²) >= 11 is 0. The molecule has 0 bridgehead atoms. The maximum atomic E-state index is 3.66. The predicted molar refractivity (Wildman–Crippen MR) is 85.6 cm³/mol. The second-order valence-corrected chi connectivity index (χ2v) is 6.54. The second-order valence-electron chi connectivity index (χ2n) is 6.54. The van der Waals surface area contributed by atoms with E-state index in [9.17, 15) is 0 Å². The first kappa shape index (κ1) is 16.2. The first-order valence-electron chi connectivity index (χ1n) is 7.76. The van der Waals surface area contributed by atoms with Crippen molar-refractivity contribution in [2.24, 2.45) is 5.92 Å². The number of hydrogen-bond donors (Lipinski definition) is 1. The van der Waals surface area contributed by atoms with E-state index >= 15 is 0 Å². The maximum Gasteiger partial charge on any atom is 0.0343 e. The monoisotopic (exact) mass is 261 g/mol. The standard InChI is InChI=1S/C18H31N/c1-7-13-19-17(14(3)4)15-9-11-16(12-10-15)18(5,6)8-2/h9-12,14,17,19H,7-8,13H2,1-6H3. The minimum Gasteiger partial charge on any atom is -0.310 e. The van der Waals surface area contributed by atoms with Crippen LogP contribution in [-0.2, 0) is 5.41 Å². The summed E-state index contributed by atoms with van der Waals surface area (Å²) in [5.41, 5.74) is 3.14. The topological polar surface area (TPSA) is 12.0 Å². The Hall–Kier alpha value is -0.820. The maximum absolute atomic E-state index is 3.66. The molecule has 0 heterocycles. The zero-order valence-electron chi connectivity index (χ0n) is 13.6. The van der Waals surface area contributed by atoms with Crippen molar-refractivity contribution in [2.45, 2.75) is 65.8 Å². The summed E-state index contributed by atoms with van der Waals surface area (Å²) in [5.74, 6) is 0.622. The molecular formula is C18H31N. The highest BCUT2D eigenvalue weighted by atomic mass is 14.9. The van der Waals surface area contributed by atoms with Gasteiger partial charge in [-0.25, -0.2) is 0 Å². The Kier molecular flexibility index (Phi) is 6.06. The van der Waals surface area contributed by atoms with Crippen molar-refractivity contribution in [3.8, 4) is 0 Å². The van der Waals surface area contributed by atoms with Crippen LogP contribution in [0.5, 0.6) is 0 Å². The van der Waals surface area contributed by atoms with E-state index in [1.54, 1.807) is 0 Å². The average Bonchev–Trinajstić information content (AvgIpc) is 2.39. The molecule has 1 atom stereocenters. The Labute approximate surface area is 119 Å². The molecule has 1 rings (SSSR count). The Balaban J connectivity index is 2.89. The van der Waals surface area contributed by atoms with Gasteiger partial charge in [0.25, 0.3) is 0 Å². The van der Waals surface area contributed by atoms with Gasteiger partial charge in [0.1, 0.15) is 0 Å². The normalized spacial score (nSPS) is 13.8. The third kappa shape index (κ3) is 4.35. The van der Waals surface area contributed by atoms with Gasteiger partial charge in [0.2, 0.25) is 0 Å². The second kappa shape index (κ2) is 7.09. The molecule has 0 aliphatic carbocycles. The lowest BCUT2D eigenvalue weighted by Gasteiger charge is -2.26. The Morgan fingerprint density at radius 1 is 1.05 bits per heavy atom. The van der Waals surface area contributed by atoms with Gasteiger partial charge in [-0.05, 0) is 41.8 Å². The van der Waals surface area contributed by atoms with Gasteiger partial charge in [-0.2, -0.15) is 0 Å². The van der Waals surface area contributed by atoms with Gasteiger partial charge in [-0.1, -0.05) is 65.8 Å². The van der Waals surface area contributed by atoms with Crippen LogP contribution in [0.25, 0.3) is 0 Å². The van der Waals surface area contributed by atoms with E-state index in [0.717, 1.165) is 6.54 Å². The van der Waals surface area contributed by atoms with Crippen molar-refractivity contribution in [2.75, 3.05) is 6.54 Å². The van der Waals surface area contributed by atoms with Gasteiger partial charge >= 0.3 is 0 Å². The molecule has 0 spiro atoms. The lowest BCUT2D eigenvalue weighted by atomic mass is 9.81. The van der Waals surface area contributed by atoms with E-state index in [4.69, 9.17) is 0 Å². The van der Waals surface area contributed by atoms with Crippen molar-refractivity contribution < 1.29 is 0 Å². The van der Waals surface area contributed by atoms with E-state index < -0.39 is 0 Å². The molecule has 0 saturated heterocycles. The molecule has 1 heteroatoms. The van der Waals surface area contributed by atoms with Crippen LogP contribution < -0.4 is 5.32 Å². The summed E-state index contributed by atoms with van der Waals surface area (Å²) in [6.45, 7) is 14.8. The van der Waals surface area contributed by atoms with Crippen LogP contribution in [0.4, 0.5) is 0 Å². The highest BCUT2D eigenvalue weighted by Crippen LogP contribution is 2.29. The van der Waals surface area contributed by atoms with Crippen molar-refractivity contribution in [3.63, 3.8) is 0 Å². The minimum atomic E-state index is 0.280. The smallest absolute Gasteiger partial charge is 0.0343 e. The van der Waals surface area contributed by atoms with Gasteiger partial charge < -0.3 is 5.32 Å². The zero-order valence-corrected chi connectivity index (χ0v) is 13.6. The minimum absolute atomic E-state index is 0.280. The van der Waals surface area contributed by atoms with Crippen LogP contribution in [0.1, 0.15) is 71.6 Å². The summed E-state index contributed by atoms with van der Waals surface area (Å²) in [6, 6.07) is 9.70. The molecule has 0 amide bonds. The lowest BCUT2D eigenvalue weighted by molar-refractivity contribution is 0.412. The van der Waals surface area contributed by atoms with Gasteiger partial charge in [0.05, 0.1) is 0 Å². The molecule has 0 aromatic heterocycles. The number of nitrogens with one attached hydrogen (secondary N) is 1. The fourth-order valence-electron chi connectivity index (χ4n) is 2.38. The molecule has 1 aromatic carbocycles. The van der Waals surface area contributed by atoms with Crippen LogP contribution in [0.3, 0.4) is 0 Å². The van der Waals surface area contributed by atoms with Crippen LogP contribution in [0.15, 0.2) is 24.3 Å². The van der Waals surface area contributed by atoms with Crippen molar-refractivity contribution in [1.82, 2.24) is 5.32 Å². The largest absolute Gasteiger partial charge is 0.310 e. The highest BCUT2D eigenvalue weighted by Gasteiger charge is 2.19. The summed E-state index contributed by atoms with van der Waals surface area (Å²) in [5, 5.41) is 3.66. The molecule has 0 fully saturated rings. The third-order valence-electron chi connectivity index (χ3n) is 4.22. The van der Waals surface area contributed by atoms with E-state index in [0.29, 0.717) is 12.0 Å². The summed E-state index contributed by atoms with van der Waals surface area (Å²) < 4.78 is 0. The van der Waals surface area contributed by atoms with Crippen LogP contribution in [-0.4, -0.2) is 6.54 Å². The fourth-order valence-corrected chi connectivity index (χ4v) is 2.38. The van der Waals surface area contributed by atoms with Crippen molar-refractivity contribution >= 4 is 0 Å². The van der Waals surface area contributed by atoms with E-state index in [1.165, 1.54) is 24.0 Å². The van der Waals surface area contributed by atoms with E-state index in [1.807, 2.05) is 0 Å². The Bertz CT molecular complexity index is 362. The molecule has 19 heavy (non-hydrogen) atoms. The molecule has 1 unspecified atom stereocenters. The first-order valence-corrected chi connectivity index (χ1v) is 7.76. The Morgan fingerprint density at radius 2 is 1.63 bits per heavy atom. The number of hydrogen-bond acceptors (Lipinski definition) is 1. The molecule has 108 valence electrons. The van der Waals surface area contributed by atoms with Crippen molar-refractivity contribution in [1.29, 1.82) is 0 Å². The van der Waals surface area contributed by atoms with E-state index in [2.05, 4.69) is 71.1 Å². The summed E-state index contributed by atoms with van der Waals surface area (Å²) in [6.07, 6.45) is 2.36. The molecule has 0 aliphatic heterocycles. The van der Waals surface area contributed by atoms with Crippen LogP contribution in [0.2, 0.25) is 0 Å². The van der Waals surface area contributed by atoms with Gasteiger partial charge in [0, 0.05) is 6.04 Å². The van der Waals surface area contributed by atoms with Gasteiger partial charge in [-0.15, -0.1) is 0 Å². The fraction of sp³-hybridized carbons (Fsp3) is 0.667. The predicted octanol–water partition coefficient (Wildman–Crippen LogP) is 5.07. The number of benzene rings is 1. The SMILES string of the molecule is CCCNC(c1ccc(C(C)(C)CC)cc1)C(C)C. The average molecular weight is 261 g/mol. The van der Waals surface area contributed by atoms with E-state index in [-0.39, 0.29) is 5.41 Å². The molecule has 0 aliphatic rings. The quantitative estimate of drug-likeness (QED) is 0.722. The molecular weight excluding hydrogens is 230 g/mol. The number of rotatable bonds is 7. The molecule has 0 saturated carbocycles. The zero-order chi connectivity index (χ0) is 14.5. The lowest BCUT2D eigenvalue weighted by Crippen LogP contribution is -2.26. The Morgan fingerprint density at radius 3 is 2.05 bits per heavy atom. The first-order chi connectivity index (χ1) is 8.92. The van der Waals surface area contributed by atoms with Gasteiger partial charge in [0.15, 0.2) is 0 Å². The van der Waals surface area contributed by atoms with Crippen molar-refractivity contribution in [3.05, 3.63) is 35.4 Å². The van der Waals surface area contributed by atoms with Crippen LogP contribution in [0, 0.1) is 5.92 Å².